The van der Waals surface area contributed by atoms with E-state index in [9.17, 15) is 37.3 Å². The minimum atomic E-state index is -4.78. The third-order valence-corrected chi connectivity index (χ3v) is 7.02. The maximum Gasteiger partial charge on any atom is 0.267 e. The predicted octanol–water partition coefficient (Wildman–Crippen LogP) is -4.15. The van der Waals surface area contributed by atoms with Gasteiger partial charge in [-0.25, -0.2) is 0 Å². The van der Waals surface area contributed by atoms with Crippen LogP contribution in [0.5, 0.6) is 0 Å². The molecule has 0 radical (unpaired) electrons. The van der Waals surface area contributed by atoms with Gasteiger partial charge >= 0.3 is 0 Å². The molecule has 1 aliphatic heterocycles. The van der Waals surface area contributed by atoms with Gasteiger partial charge in [-0.05, 0) is 18.9 Å². The van der Waals surface area contributed by atoms with Crippen LogP contribution in [0.1, 0.15) is 18.9 Å². The molecule has 2 rings (SSSR count). The van der Waals surface area contributed by atoms with Crippen molar-refractivity contribution in [3.63, 3.8) is 0 Å². The minimum Gasteiger partial charge on any atom is -0.373 e. The molecule has 1 aromatic carbocycles. The number of aliphatic hydroxyl groups is 1. The lowest BCUT2D eigenvalue weighted by Gasteiger charge is -2.33. The molecule has 1 heterocycles. The standard InChI is InChI=1S/C25H39N9O8S/c1-14(26)20-23(38)32-16(9-6-10-29-25(27)28)21(36)30-12-19(35)31-18(13-43(40,41)42)22(37)33-17(24(39)34(20)2)11-15-7-4-3-5-8-15/h3-5,7-9,14,17-18,20-21,30,36H,6,10-13,26H2,1-2H3,(H,31,35)(H,32,38)(H,33,37)(H4,27,28,29)(H,40,41,42)/b16-9-. The zero-order valence-electron chi connectivity index (χ0n) is 23.8. The predicted molar refractivity (Wildman–Crippen MR) is 156 cm³/mol. The topological polar surface area (TPSA) is 285 Å². The summed E-state index contributed by atoms with van der Waals surface area (Å²) in [4.78, 5) is 58.0. The fraction of sp³-hybridized carbons (Fsp3) is 0.480. The van der Waals surface area contributed by atoms with Crippen LogP contribution >= 0.6 is 0 Å². The van der Waals surface area contributed by atoms with E-state index in [1.54, 1.807) is 30.3 Å². The van der Waals surface area contributed by atoms with Gasteiger partial charge in [0.25, 0.3) is 10.1 Å². The third kappa shape index (κ3) is 11.6. The second kappa shape index (κ2) is 15.9. The Morgan fingerprint density at radius 3 is 2.35 bits per heavy atom. The quantitative estimate of drug-likeness (QED) is 0.0576. The van der Waals surface area contributed by atoms with Gasteiger partial charge in [-0.15, -0.1) is 0 Å². The number of guanidine groups is 1. The second-order valence-electron chi connectivity index (χ2n) is 9.90. The molecule has 1 saturated heterocycles. The summed E-state index contributed by atoms with van der Waals surface area (Å²) in [5, 5.41) is 20.3. The summed E-state index contributed by atoms with van der Waals surface area (Å²) in [6.45, 7) is 0.922. The summed E-state index contributed by atoms with van der Waals surface area (Å²) in [5.41, 5.74) is 17.3. The Hall–Kier alpha value is -4.10. The Morgan fingerprint density at radius 1 is 1.12 bits per heavy atom. The highest BCUT2D eigenvalue weighted by Gasteiger charge is 2.37. The van der Waals surface area contributed by atoms with Crippen LogP contribution in [0.4, 0.5) is 0 Å². The fourth-order valence-electron chi connectivity index (χ4n) is 4.27. The normalized spacial score (nSPS) is 24.7. The molecular formula is C25H39N9O8S. The summed E-state index contributed by atoms with van der Waals surface area (Å²) in [5.74, 6) is -4.96. The average Bonchev–Trinajstić information content (AvgIpc) is 2.91. The van der Waals surface area contributed by atoms with E-state index < -0.39 is 76.4 Å². The molecule has 12 N–H and O–H groups in total. The minimum absolute atomic E-state index is 0.0776. The van der Waals surface area contributed by atoms with Crippen molar-refractivity contribution < 1.29 is 37.3 Å². The molecule has 0 bridgehead atoms. The highest BCUT2D eigenvalue weighted by molar-refractivity contribution is 7.85. The highest BCUT2D eigenvalue weighted by atomic mass is 32.2. The molecule has 5 atom stereocenters. The van der Waals surface area contributed by atoms with Gasteiger partial charge in [-0.2, -0.15) is 8.42 Å². The highest BCUT2D eigenvalue weighted by Crippen LogP contribution is 2.12. The molecule has 1 aliphatic rings. The Kier molecular flexibility index (Phi) is 13.0. The molecule has 0 aliphatic carbocycles. The Morgan fingerprint density at radius 2 is 1.77 bits per heavy atom. The lowest BCUT2D eigenvalue weighted by molar-refractivity contribution is -0.142. The lowest BCUT2D eigenvalue weighted by atomic mass is 10.0. The molecule has 0 aromatic heterocycles. The Bertz CT molecular complexity index is 1320. The van der Waals surface area contributed by atoms with E-state index in [2.05, 4.69) is 26.3 Å². The zero-order valence-corrected chi connectivity index (χ0v) is 24.6. The van der Waals surface area contributed by atoms with Gasteiger partial charge in [0.2, 0.25) is 23.6 Å². The van der Waals surface area contributed by atoms with Crippen molar-refractivity contribution in [3.05, 3.63) is 47.7 Å². The van der Waals surface area contributed by atoms with Gasteiger partial charge in [0, 0.05) is 26.1 Å². The lowest BCUT2D eigenvalue weighted by Crippen LogP contribution is -2.61. The summed E-state index contributed by atoms with van der Waals surface area (Å²) in [6.07, 6.45) is -0.202. The molecule has 1 fully saturated rings. The average molecular weight is 626 g/mol. The molecule has 1 aromatic rings. The Labute approximate surface area is 249 Å². The molecule has 4 amide bonds. The van der Waals surface area contributed by atoms with Gasteiger partial charge in [0.15, 0.2) is 5.96 Å². The molecule has 5 unspecified atom stereocenters. The summed E-state index contributed by atoms with van der Waals surface area (Å²) in [7, 11) is -3.48. The number of nitrogens with two attached hydrogens (primary N) is 3. The maximum atomic E-state index is 13.8. The Balaban J connectivity index is 2.57. The van der Waals surface area contributed by atoms with E-state index in [1.807, 2.05) is 0 Å². The molecule has 238 valence electrons. The van der Waals surface area contributed by atoms with Crippen LogP contribution in [0, 0.1) is 0 Å². The number of amides is 4. The molecule has 17 nitrogen and oxygen atoms in total. The number of aliphatic imine (C=N–C) groups is 1. The van der Waals surface area contributed by atoms with Crippen LogP contribution in [0.3, 0.4) is 0 Å². The summed E-state index contributed by atoms with van der Waals surface area (Å²) >= 11 is 0. The van der Waals surface area contributed by atoms with Crippen molar-refractivity contribution in [3.8, 4) is 0 Å². The number of nitrogens with one attached hydrogen (secondary N) is 4. The van der Waals surface area contributed by atoms with Crippen molar-refractivity contribution in [1.82, 2.24) is 26.2 Å². The van der Waals surface area contributed by atoms with Crippen molar-refractivity contribution in [2.75, 3.05) is 25.9 Å². The van der Waals surface area contributed by atoms with Gasteiger partial charge in [0.1, 0.15) is 30.1 Å². The van der Waals surface area contributed by atoms with Gasteiger partial charge in [0.05, 0.1) is 12.2 Å². The number of carbonyl (C=O) groups excluding carboxylic acids is 4. The molecule has 18 heteroatoms. The third-order valence-electron chi connectivity index (χ3n) is 6.26. The molecular weight excluding hydrogens is 586 g/mol. The van der Waals surface area contributed by atoms with Crippen molar-refractivity contribution >= 4 is 39.7 Å². The van der Waals surface area contributed by atoms with Gasteiger partial charge in [-0.1, -0.05) is 36.4 Å². The number of hydrogen-bond donors (Lipinski definition) is 9. The second-order valence-corrected chi connectivity index (χ2v) is 11.4. The number of hydrogen-bond acceptors (Lipinski definition) is 10. The summed E-state index contributed by atoms with van der Waals surface area (Å²) in [6, 6.07) is 3.11. The zero-order chi connectivity index (χ0) is 32.3. The van der Waals surface area contributed by atoms with E-state index in [0.29, 0.717) is 5.56 Å². The first-order valence-corrected chi connectivity index (χ1v) is 14.8. The van der Waals surface area contributed by atoms with Crippen LogP contribution in [0.25, 0.3) is 0 Å². The SMILES string of the molecule is CC(N)C1C(=O)N/C(=C\CCN=C(N)N)C(O)NCC(=O)NC(CS(=O)(=O)O)C(=O)NC(Cc2ccccc2)C(=O)N1C. The number of aliphatic hydroxyl groups excluding tert-OH is 1. The van der Waals surface area contributed by atoms with Crippen LogP contribution in [0.15, 0.2) is 47.1 Å². The fourth-order valence-corrected chi connectivity index (χ4v) is 4.93. The molecule has 0 saturated carbocycles. The number of rotatable bonds is 8. The van der Waals surface area contributed by atoms with E-state index >= 15 is 0 Å². The van der Waals surface area contributed by atoms with Crippen LogP contribution in [-0.2, 0) is 35.7 Å². The summed E-state index contributed by atoms with van der Waals surface area (Å²) < 4.78 is 32.8. The molecule has 43 heavy (non-hydrogen) atoms. The number of likely N-dealkylation sites (N-methyl/N-ethyl adjacent to an activating group) is 1. The van der Waals surface area contributed by atoms with E-state index in [-0.39, 0.29) is 31.0 Å². The first-order chi connectivity index (χ1) is 20.1. The molecule has 0 spiro atoms. The van der Waals surface area contributed by atoms with Gasteiger partial charge < -0.3 is 43.2 Å². The van der Waals surface area contributed by atoms with Crippen molar-refractivity contribution in [1.29, 1.82) is 0 Å². The smallest absolute Gasteiger partial charge is 0.267 e. The van der Waals surface area contributed by atoms with Crippen molar-refractivity contribution in [2.24, 2.45) is 22.2 Å². The number of carbonyl (C=O) groups is 4. The van der Waals surface area contributed by atoms with Crippen molar-refractivity contribution in [2.45, 2.75) is 50.2 Å². The van der Waals surface area contributed by atoms with E-state index in [0.717, 1.165) is 4.90 Å². The number of nitrogens with zero attached hydrogens (tertiary/aromatic N) is 2. The largest absolute Gasteiger partial charge is 0.373 e. The van der Waals surface area contributed by atoms with E-state index in [1.165, 1.54) is 20.0 Å². The maximum absolute atomic E-state index is 13.8. The van der Waals surface area contributed by atoms with E-state index in [4.69, 9.17) is 17.2 Å². The van der Waals surface area contributed by atoms with Crippen LogP contribution in [-0.4, -0.2) is 109 Å². The van der Waals surface area contributed by atoms with Gasteiger partial charge in [-0.3, -0.25) is 34.0 Å². The monoisotopic (exact) mass is 625 g/mol. The van der Waals surface area contributed by atoms with Crippen LogP contribution < -0.4 is 38.5 Å². The number of benzene rings is 1. The first-order valence-electron chi connectivity index (χ1n) is 13.2. The first kappa shape index (κ1) is 35.1. The van der Waals surface area contributed by atoms with Crippen LogP contribution in [0.2, 0.25) is 0 Å².